The molecule has 1 fully saturated rings. The number of nitrogens with zero attached hydrogens (tertiary/aromatic N) is 3. The molecule has 1 amide bonds. The van der Waals surface area contributed by atoms with Crippen molar-refractivity contribution in [2.24, 2.45) is 5.92 Å². The Bertz CT molecular complexity index is 504. The standard InChI is InChI=1S/C15H25N5OS/c1-4-5-11-7-20(14(21)9-22-3)8-12(11)18-13-6-10(2)17-15(16)19-13/h6,11-12H,4-5,7-9H2,1-3H3,(H3,16,17,18,19)/t11-,12-/m0/s1. The van der Waals surface area contributed by atoms with Crippen LogP contribution in [0.2, 0.25) is 0 Å². The molecule has 2 heterocycles. The number of rotatable bonds is 6. The lowest BCUT2D eigenvalue weighted by molar-refractivity contribution is -0.127. The maximum absolute atomic E-state index is 12.1. The average molecular weight is 323 g/mol. The largest absolute Gasteiger partial charge is 0.368 e. The van der Waals surface area contributed by atoms with Gasteiger partial charge >= 0.3 is 0 Å². The fraction of sp³-hybridized carbons (Fsp3) is 0.667. The summed E-state index contributed by atoms with van der Waals surface area (Å²) in [7, 11) is 0. The molecule has 1 saturated heterocycles. The number of carbonyl (C=O) groups is 1. The lowest BCUT2D eigenvalue weighted by Crippen LogP contribution is -2.33. The zero-order valence-electron chi connectivity index (χ0n) is 13.5. The van der Waals surface area contributed by atoms with Crippen molar-refractivity contribution in [3.8, 4) is 0 Å². The lowest BCUT2D eigenvalue weighted by Gasteiger charge is -2.19. The van der Waals surface area contributed by atoms with E-state index in [1.165, 1.54) is 0 Å². The first-order valence-corrected chi connectivity index (χ1v) is 9.07. The zero-order valence-corrected chi connectivity index (χ0v) is 14.3. The highest BCUT2D eigenvalue weighted by Gasteiger charge is 2.34. The van der Waals surface area contributed by atoms with Gasteiger partial charge in [-0.2, -0.15) is 16.7 Å². The van der Waals surface area contributed by atoms with Crippen LogP contribution in [0.15, 0.2) is 6.07 Å². The Morgan fingerprint density at radius 2 is 2.27 bits per heavy atom. The van der Waals surface area contributed by atoms with E-state index < -0.39 is 0 Å². The number of hydrogen-bond donors (Lipinski definition) is 2. The van der Waals surface area contributed by atoms with Gasteiger partial charge in [-0.1, -0.05) is 13.3 Å². The van der Waals surface area contributed by atoms with Gasteiger partial charge < -0.3 is 16.0 Å². The quantitative estimate of drug-likeness (QED) is 0.830. The molecule has 122 valence electrons. The monoisotopic (exact) mass is 323 g/mol. The van der Waals surface area contributed by atoms with Crippen molar-refractivity contribution < 1.29 is 4.79 Å². The van der Waals surface area contributed by atoms with Crippen LogP contribution in [-0.4, -0.2) is 51.9 Å². The van der Waals surface area contributed by atoms with Crippen molar-refractivity contribution in [2.45, 2.75) is 32.7 Å². The molecular weight excluding hydrogens is 298 g/mol. The van der Waals surface area contributed by atoms with Crippen molar-refractivity contribution in [2.75, 3.05) is 36.1 Å². The number of aromatic nitrogens is 2. The SMILES string of the molecule is CCC[C@H]1CN(C(=O)CSC)C[C@@H]1Nc1cc(C)nc(N)n1. The average Bonchev–Trinajstić information content (AvgIpc) is 2.81. The van der Waals surface area contributed by atoms with E-state index in [9.17, 15) is 4.79 Å². The molecule has 1 aromatic heterocycles. The Labute approximate surface area is 136 Å². The fourth-order valence-electron chi connectivity index (χ4n) is 2.97. The molecule has 1 aliphatic heterocycles. The van der Waals surface area contributed by atoms with E-state index in [1.54, 1.807) is 11.8 Å². The lowest BCUT2D eigenvalue weighted by atomic mass is 9.98. The van der Waals surface area contributed by atoms with E-state index in [0.717, 1.165) is 37.4 Å². The third-order valence-electron chi connectivity index (χ3n) is 3.93. The minimum atomic E-state index is 0.219. The van der Waals surface area contributed by atoms with Crippen LogP contribution in [0.25, 0.3) is 0 Å². The Kier molecular flexibility index (Phi) is 5.88. The number of anilines is 2. The van der Waals surface area contributed by atoms with E-state index in [0.29, 0.717) is 11.7 Å². The van der Waals surface area contributed by atoms with Crippen molar-refractivity contribution in [1.29, 1.82) is 0 Å². The maximum Gasteiger partial charge on any atom is 0.232 e. The minimum Gasteiger partial charge on any atom is -0.368 e. The predicted molar refractivity (Wildman–Crippen MR) is 92.0 cm³/mol. The molecule has 1 aromatic rings. The highest BCUT2D eigenvalue weighted by Crippen LogP contribution is 2.25. The molecule has 7 heteroatoms. The highest BCUT2D eigenvalue weighted by atomic mass is 32.2. The van der Waals surface area contributed by atoms with Crippen LogP contribution in [0.1, 0.15) is 25.5 Å². The number of nitrogens with one attached hydrogen (secondary N) is 1. The third kappa shape index (κ3) is 4.25. The second-order valence-electron chi connectivity index (χ2n) is 5.78. The van der Waals surface area contributed by atoms with Crippen LogP contribution >= 0.6 is 11.8 Å². The second-order valence-corrected chi connectivity index (χ2v) is 6.65. The number of amides is 1. The van der Waals surface area contributed by atoms with Crippen molar-refractivity contribution in [3.05, 3.63) is 11.8 Å². The third-order valence-corrected chi connectivity index (χ3v) is 4.46. The molecular formula is C15H25N5OS. The second kappa shape index (κ2) is 7.67. The van der Waals surface area contributed by atoms with Crippen LogP contribution < -0.4 is 11.1 Å². The molecule has 0 bridgehead atoms. The van der Waals surface area contributed by atoms with Gasteiger partial charge in [0.2, 0.25) is 11.9 Å². The van der Waals surface area contributed by atoms with Gasteiger partial charge in [-0.05, 0) is 25.5 Å². The van der Waals surface area contributed by atoms with Gasteiger partial charge in [-0.15, -0.1) is 0 Å². The molecule has 22 heavy (non-hydrogen) atoms. The van der Waals surface area contributed by atoms with Crippen LogP contribution in [0.3, 0.4) is 0 Å². The van der Waals surface area contributed by atoms with Crippen LogP contribution in [0.5, 0.6) is 0 Å². The number of carbonyl (C=O) groups excluding carboxylic acids is 1. The van der Waals surface area contributed by atoms with E-state index in [4.69, 9.17) is 5.73 Å². The molecule has 6 nitrogen and oxygen atoms in total. The van der Waals surface area contributed by atoms with Crippen LogP contribution in [0, 0.1) is 12.8 Å². The van der Waals surface area contributed by atoms with Crippen LogP contribution in [-0.2, 0) is 4.79 Å². The van der Waals surface area contributed by atoms with Crippen LogP contribution in [0.4, 0.5) is 11.8 Å². The minimum absolute atomic E-state index is 0.219. The number of nitrogen functional groups attached to an aromatic ring is 1. The summed E-state index contributed by atoms with van der Waals surface area (Å²) in [5, 5.41) is 3.45. The molecule has 1 aliphatic rings. The van der Waals surface area contributed by atoms with Gasteiger partial charge in [-0.3, -0.25) is 4.79 Å². The zero-order chi connectivity index (χ0) is 16.1. The topological polar surface area (TPSA) is 84.1 Å². The molecule has 0 spiro atoms. The molecule has 2 atom stereocenters. The fourth-order valence-corrected chi connectivity index (χ4v) is 3.40. The predicted octanol–water partition coefficient (Wildman–Crippen LogP) is 1.77. The Hall–Kier alpha value is -1.50. The molecule has 0 unspecified atom stereocenters. The number of hydrogen-bond acceptors (Lipinski definition) is 6. The first kappa shape index (κ1) is 16.9. The molecule has 2 rings (SSSR count). The molecule has 0 radical (unpaired) electrons. The van der Waals surface area contributed by atoms with E-state index in [1.807, 2.05) is 24.1 Å². The van der Waals surface area contributed by atoms with E-state index >= 15 is 0 Å². The summed E-state index contributed by atoms with van der Waals surface area (Å²) in [6.45, 7) is 5.63. The number of likely N-dealkylation sites (tertiary alicyclic amines) is 1. The maximum atomic E-state index is 12.1. The number of nitrogens with two attached hydrogens (primary N) is 1. The summed E-state index contributed by atoms with van der Waals surface area (Å²) in [4.78, 5) is 22.4. The smallest absolute Gasteiger partial charge is 0.232 e. The van der Waals surface area contributed by atoms with Crippen molar-refractivity contribution in [1.82, 2.24) is 14.9 Å². The Morgan fingerprint density at radius 1 is 1.50 bits per heavy atom. The summed E-state index contributed by atoms with van der Waals surface area (Å²) in [5.41, 5.74) is 6.56. The van der Waals surface area contributed by atoms with E-state index in [-0.39, 0.29) is 17.9 Å². The molecule has 3 N–H and O–H groups in total. The van der Waals surface area contributed by atoms with Crippen molar-refractivity contribution >= 4 is 29.4 Å². The van der Waals surface area contributed by atoms with Gasteiger partial charge in [0.25, 0.3) is 0 Å². The first-order valence-electron chi connectivity index (χ1n) is 7.67. The summed E-state index contributed by atoms with van der Waals surface area (Å²) >= 11 is 1.57. The number of thioether (sulfide) groups is 1. The molecule has 0 aromatic carbocycles. The van der Waals surface area contributed by atoms with Gasteiger partial charge in [0.15, 0.2) is 0 Å². The van der Waals surface area contributed by atoms with E-state index in [2.05, 4.69) is 22.2 Å². The normalized spacial score (nSPS) is 21.1. The van der Waals surface area contributed by atoms with Gasteiger partial charge in [0, 0.05) is 30.9 Å². The Morgan fingerprint density at radius 3 is 2.91 bits per heavy atom. The summed E-state index contributed by atoms with van der Waals surface area (Å²) in [5.74, 6) is 2.24. The van der Waals surface area contributed by atoms with Gasteiger partial charge in [0.05, 0.1) is 5.75 Å². The number of aryl methyl sites for hydroxylation is 1. The summed E-state index contributed by atoms with van der Waals surface area (Å²) in [6, 6.07) is 2.12. The first-order chi connectivity index (χ1) is 10.5. The van der Waals surface area contributed by atoms with Gasteiger partial charge in [0.1, 0.15) is 5.82 Å². The Balaban J connectivity index is 2.08. The summed E-state index contributed by atoms with van der Waals surface area (Å²) < 4.78 is 0. The summed E-state index contributed by atoms with van der Waals surface area (Å²) in [6.07, 6.45) is 4.16. The molecule has 0 aliphatic carbocycles. The van der Waals surface area contributed by atoms with Gasteiger partial charge in [-0.25, -0.2) is 4.98 Å². The highest BCUT2D eigenvalue weighted by molar-refractivity contribution is 7.99. The molecule has 0 saturated carbocycles. The van der Waals surface area contributed by atoms with Crippen molar-refractivity contribution in [3.63, 3.8) is 0 Å².